The summed E-state index contributed by atoms with van der Waals surface area (Å²) in [7, 11) is 1.59. The fourth-order valence-electron chi connectivity index (χ4n) is 1.44. The van der Waals surface area contributed by atoms with E-state index in [9.17, 15) is 4.79 Å². The molecule has 0 fully saturated rings. The van der Waals surface area contributed by atoms with Crippen LogP contribution in [0, 0.1) is 0 Å². The summed E-state index contributed by atoms with van der Waals surface area (Å²) in [6, 6.07) is 6.53. The van der Waals surface area contributed by atoms with Gasteiger partial charge in [0.05, 0.1) is 7.11 Å². The monoisotopic (exact) mass is 280 g/mol. The summed E-state index contributed by atoms with van der Waals surface area (Å²) in [6.07, 6.45) is 2.67. The number of carboxylic acid groups (broad SMARTS) is 1. The van der Waals surface area contributed by atoms with E-state index in [2.05, 4.69) is 4.99 Å². The maximum Gasteiger partial charge on any atom is 0.328 e. The van der Waals surface area contributed by atoms with Gasteiger partial charge >= 0.3 is 5.97 Å². The number of hydrogen-bond acceptors (Lipinski definition) is 4. The lowest BCUT2D eigenvalue weighted by Gasteiger charge is -2.06. The first-order valence-corrected chi connectivity index (χ1v) is 6.77. The molecule has 5 heteroatoms. The van der Waals surface area contributed by atoms with Gasteiger partial charge in [-0.15, -0.1) is 0 Å². The minimum atomic E-state index is -0.923. The van der Waals surface area contributed by atoms with Gasteiger partial charge < -0.3 is 15.6 Å². The molecule has 0 aliphatic rings. The van der Waals surface area contributed by atoms with Crippen molar-refractivity contribution in [3.8, 4) is 5.75 Å². The minimum Gasteiger partial charge on any atom is -0.497 e. The van der Waals surface area contributed by atoms with Crippen LogP contribution in [0.5, 0.6) is 5.75 Å². The predicted molar refractivity (Wildman–Crippen MR) is 81.6 cm³/mol. The molecule has 1 unspecified atom stereocenters. The third-order valence-electron chi connectivity index (χ3n) is 2.49. The van der Waals surface area contributed by atoms with E-state index in [1.165, 1.54) is 0 Å². The predicted octanol–water partition coefficient (Wildman–Crippen LogP) is 2.33. The molecule has 1 aromatic carbocycles. The second-order valence-corrected chi connectivity index (χ2v) is 3.84. The SMILES string of the molecule is CC.COc1ccc(C=NC(CCCN)C(=O)O)cc1. The first-order chi connectivity index (χ1) is 9.67. The van der Waals surface area contributed by atoms with Gasteiger partial charge in [0.15, 0.2) is 0 Å². The topological polar surface area (TPSA) is 84.9 Å². The number of carbonyl (C=O) groups is 1. The molecule has 1 rings (SSSR count). The molecule has 0 radical (unpaired) electrons. The van der Waals surface area contributed by atoms with E-state index in [1.54, 1.807) is 25.5 Å². The fraction of sp³-hybridized carbons (Fsp3) is 0.467. The van der Waals surface area contributed by atoms with Gasteiger partial charge in [-0.25, -0.2) is 4.79 Å². The van der Waals surface area contributed by atoms with Crippen LogP contribution >= 0.6 is 0 Å². The average Bonchev–Trinajstić information content (AvgIpc) is 2.49. The van der Waals surface area contributed by atoms with Gasteiger partial charge in [0.1, 0.15) is 11.8 Å². The molecular weight excluding hydrogens is 256 g/mol. The Bertz CT molecular complexity index is 402. The smallest absolute Gasteiger partial charge is 0.328 e. The van der Waals surface area contributed by atoms with Crippen molar-refractivity contribution >= 4 is 12.2 Å². The Kier molecular flexibility index (Phi) is 9.96. The quantitative estimate of drug-likeness (QED) is 0.751. The van der Waals surface area contributed by atoms with E-state index in [-0.39, 0.29) is 0 Å². The van der Waals surface area contributed by atoms with Crippen LogP contribution in [-0.4, -0.2) is 37.0 Å². The van der Waals surface area contributed by atoms with Crippen molar-refractivity contribution in [2.75, 3.05) is 13.7 Å². The zero-order chi connectivity index (χ0) is 15.4. The van der Waals surface area contributed by atoms with Gasteiger partial charge in [-0.05, 0) is 49.2 Å². The number of hydrogen-bond donors (Lipinski definition) is 2. The fourth-order valence-corrected chi connectivity index (χ4v) is 1.44. The van der Waals surface area contributed by atoms with Crippen LogP contribution < -0.4 is 10.5 Å². The van der Waals surface area contributed by atoms with Crippen molar-refractivity contribution in [1.29, 1.82) is 0 Å². The van der Waals surface area contributed by atoms with Gasteiger partial charge in [0.2, 0.25) is 0 Å². The third-order valence-corrected chi connectivity index (χ3v) is 2.49. The number of aliphatic carboxylic acids is 1. The maximum atomic E-state index is 11.0. The molecule has 5 nitrogen and oxygen atoms in total. The molecule has 0 saturated carbocycles. The minimum absolute atomic E-state index is 0.457. The van der Waals surface area contributed by atoms with Crippen LogP contribution in [0.25, 0.3) is 0 Å². The van der Waals surface area contributed by atoms with Crippen molar-refractivity contribution in [2.24, 2.45) is 10.7 Å². The highest BCUT2D eigenvalue weighted by Gasteiger charge is 2.13. The normalized spacial score (nSPS) is 11.6. The Morgan fingerprint density at radius 1 is 1.40 bits per heavy atom. The summed E-state index contributed by atoms with van der Waals surface area (Å²) in [5.41, 5.74) is 6.20. The number of nitrogens with zero attached hydrogens (tertiary/aromatic N) is 1. The molecule has 3 N–H and O–H groups in total. The lowest BCUT2D eigenvalue weighted by atomic mass is 10.1. The van der Waals surface area contributed by atoms with E-state index in [0.717, 1.165) is 11.3 Å². The van der Waals surface area contributed by atoms with Gasteiger partial charge in [0, 0.05) is 6.21 Å². The molecule has 0 saturated heterocycles. The van der Waals surface area contributed by atoms with Crippen molar-refractivity contribution < 1.29 is 14.6 Å². The lowest BCUT2D eigenvalue weighted by molar-refractivity contribution is -0.138. The van der Waals surface area contributed by atoms with Crippen molar-refractivity contribution in [1.82, 2.24) is 0 Å². The van der Waals surface area contributed by atoms with Gasteiger partial charge in [0.25, 0.3) is 0 Å². The van der Waals surface area contributed by atoms with Crippen molar-refractivity contribution in [3.05, 3.63) is 29.8 Å². The zero-order valence-corrected chi connectivity index (χ0v) is 12.4. The summed E-state index contributed by atoms with van der Waals surface area (Å²) < 4.78 is 5.03. The average molecular weight is 280 g/mol. The van der Waals surface area contributed by atoms with Crippen LogP contribution in [0.3, 0.4) is 0 Å². The highest BCUT2D eigenvalue weighted by Crippen LogP contribution is 2.10. The summed E-state index contributed by atoms with van der Waals surface area (Å²) in [6.45, 7) is 4.47. The third kappa shape index (κ3) is 6.89. The van der Waals surface area contributed by atoms with Crippen LogP contribution in [-0.2, 0) is 4.79 Å². The molecule has 0 aliphatic carbocycles. The Balaban J connectivity index is 0.00000172. The Hall–Kier alpha value is -1.88. The number of nitrogens with two attached hydrogens (primary N) is 1. The van der Waals surface area contributed by atoms with Crippen molar-refractivity contribution in [2.45, 2.75) is 32.7 Å². The summed E-state index contributed by atoms with van der Waals surface area (Å²) in [5, 5.41) is 8.99. The second-order valence-electron chi connectivity index (χ2n) is 3.84. The number of methoxy groups -OCH3 is 1. The van der Waals surface area contributed by atoms with Crippen LogP contribution in [0.2, 0.25) is 0 Å². The summed E-state index contributed by atoms with van der Waals surface area (Å²) in [5.74, 6) is -0.168. The van der Waals surface area contributed by atoms with Gasteiger partial charge in [-0.1, -0.05) is 13.8 Å². The van der Waals surface area contributed by atoms with Crippen LogP contribution in [0.15, 0.2) is 29.3 Å². The number of benzene rings is 1. The molecule has 0 spiro atoms. The number of aliphatic imine (C=N–C) groups is 1. The molecule has 20 heavy (non-hydrogen) atoms. The molecule has 0 aromatic heterocycles. The van der Waals surface area contributed by atoms with Crippen LogP contribution in [0.1, 0.15) is 32.3 Å². The van der Waals surface area contributed by atoms with Crippen molar-refractivity contribution in [3.63, 3.8) is 0 Å². The summed E-state index contributed by atoms with van der Waals surface area (Å²) >= 11 is 0. The van der Waals surface area contributed by atoms with E-state index >= 15 is 0 Å². The largest absolute Gasteiger partial charge is 0.497 e. The molecule has 1 atom stereocenters. The molecule has 112 valence electrons. The highest BCUT2D eigenvalue weighted by molar-refractivity contribution is 5.83. The van der Waals surface area contributed by atoms with Crippen LogP contribution in [0.4, 0.5) is 0 Å². The first kappa shape index (κ1) is 18.1. The first-order valence-electron chi connectivity index (χ1n) is 6.77. The molecule has 0 bridgehead atoms. The number of rotatable bonds is 7. The second kappa shape index (κ2) is 11.0. The van der Waals surface area contributed by atoms with E-state index in [4.69, 9.17) is 15.6 Å². The molecule has 0 aliphatic heterocycles. The highest BCUT2D eigenvalue weighted by atomic mass is 16.5. The van der Waals surface area contributed by atoms with E-state index < -0.39 is 12.0 Å². The number of carboxylic acids is 1. The Morgan fingerprint density at radius 2 is 2.00 bits per heavy atom. The van der Waals surface area contributed by atoms with Gasteiger partial charge in [-0.2, -0.15) is 0 Å². The maximum absolute atomic E-state index is 11.0. The number of ether oxygens (including phenoxy) is 1. The van der Waals surface area contributed by atoms with E-state index in [0.29, 0.717) is 19.4 Å². The molecule has 1 aromatic rings. The Labute approximate surface area is 120 Å². The molecule has 0 amide bonds. The standard InChI is InChI=1S/C13H18N2O3.C2H6/c1-18-11-6-4-10(5-7-11)9-15-12(13(16)17)3-2-8-14;1-2/h4-7,9,12H,2-3,8,14H2,1H3,(H,16,17);1-2H3. The van der Waals surface area contributed by atoms with E-state index in [1.807, 2.05) is 26.0 Å². The summed E-state index contributed by atoms with van der Waals surface area (Å²) in [4.78, 5) is 15.0. The lowest BCUT2D eigenvalue weighted by Crippen LogP contribution is -2.19. The molecular formula is C15H24N2O3. The van der Waals surface area contributed by atoms with Gasteiger partial charge in [-0.3, -0.25) is 4.99 Å². The Morgan fingerprint density at radius 3 is 2.45 bits per heavy atom. The zero-order valence-electron chi connectivity index (χ0n) is 12.4. The molecule has 0 heterocycles.